The lowest BCUT2D eigenvalue weighted by Crippen LogP contribution is -1.98. The largest absolute Gasteiger partial charge is 0.263 e. The van der Waals surface area contributed by atoms with Crippen molar-refractivity contribution in [2.24, 2.45) is 0 Å². The molecule has 0 bridgehead atoms. The maximum atomic E-state index is 4.81. The highest BCUT2D eigenvalue weighted by Gasteiger charge is 2.26. The molecule has 0 N–H and O–H groups in total. The Hall–Kier alpha value is -5.44. The van der Waals surface area contributed by atoms with Crippen LogP contribution in [0.2, 0.25) is 0 Å². The minimum atomic E-state index is 1.22. The van der Waals surface area contributed by atoms with E-state index in [-0.39, 0.29) is 0 Å². The maximum absolute atomic E-state index is 4.81. The van der Waals surface area contributed by atoms with Crippen LogP contribution in [0, 0.1) is 0 Å². The zero-order valence-corrected chi connectivity index (χ0v) is 25.1. The van der Waals surface area contributed by atoms with Gasteiger partial charge in [-0.3, -0.25) is 4.98 Å². The molecule has 0 amide bonds. The number of pyridine rings is 1. The molecule has 0 atom stereocenters. The van der Waals surface area contributed by atoms with Gasteiger partial charge in [0.05, 0.1) is 0 Å². The van der Waals surface area contributed by atoms with Crippen molar-refractivity contribution in [2.75, 3.05) is 0 Å². The highest BCUT2D eigenvalue weighted by molar-refractivity contribution is 7.99. The predicted octanol–water partition coefficient (Wildman–Crippen LogP) is 12.3. The van der Waals surface area contributed by atoms with Crippen molar-refractivity contribution in [2.45, 2.75) is 9.79 Å². The summed E-state index contributed by atoms with van der Waals surface area (Å²) in [5.74, 6) is 0. The molecule has 0 saturated heterocycles. The van der Waals surface area contributed by atoms with Gasteiger partial charge < -0.3 is 0 Å². The van der Waals surface area contributed by atoms with Crippen LogP contribution in [0.5, 0.6) is 0 Å². The Kier molecular flexibility index (Phi) is 5.28. The SMILES string of the molecule is c1ccc(-c2c3ccccc3c(-c3cc4c(c5ccccc35)-c3cncc5c3c(cc3ccccc35)S4)c3ccccc23)cc1. The first kappa shape index (κ1) is 24.9. The second-order valence-electron chi connectivity index (χ2n) is 11.9. The van der Waals surface area contributed by atoms with E-state index < -0.39 is 0 Å². The van der Waals surface area contributed by atoms with Gasteiger partial charge in [0.1, 0.15) is 0 Å². The lowest BCUT2D eigenvalue weighted by atomic mass is 9.83. The quantitative estimate of drug-likeness (QED) is 0.147. The first-order valence-electron chi connectivity index (χ1n) is 15.4. The standard InChI is InChI=1S/C43H25NS/c1-2-12-26(13-3-1)40-31-18-8-10-20-33(31)41(34-21-11-9-19-32(34)40)35-23-39-42(30-17-7-6-16-29(30)35)37-25-44-24-36-28-15-5-4-14-27(28)22-38(45-39)43(36)37/h1-25H. The highest BCUT2D eigenvalue weighted by atomic mass is 32.2. The molecule has 1 aromatic heterocycles. The molecule has 0 spiro atoms. The predicted molar refractivity (Wildman–Crippen MR) is 192 cm³/mol. The summed E-state index contributed by atoms with van der Waals surface area (Å²) in [6.45, 7) is 0. The van der Waals surface area contributed by atoms with Crippen LogP contribution in [0.3, 0.4) is 0 Å². The molecule has 2 heterocycles. The van der Waals surface area contributed by atoms with Gasteiger partial charge >= 0.3 is 0 Å². The smallest absolute Gasteiger partial charge is 0.0353 e. The first-order chi connectivity index (χ1) is 22.3. The third-order valence-electron chi connectivity index (χ3n) is 9.49. The summed E-state index contributed by atoms with van der Waals surface area (Å²) >= 11 is 1.90. The second kappa shape index (κ2) is 9.53. The van der Waals surface area contributed by atoms with Gasteiger partial charge in [0.25, 0.3) is 0 Å². The van der Waals surface area contributed by atoms with Gasteiger partial charge in [0, 0.05) is 44.1 Å². The van der Waals surface area contributed by atoms with Gasteiger partial charge in [-0.05, 0) is 77.5 Å². The Labute approximate surface area is 264 Å². The van der Waals surface area contributed by atoms with Crippen molar-refractivity contribution in [1.29, 1.82) is 0 Å². The summed E-state index contributed by atoms with van der Waals surface area (Å²) in [4.78, 5) is 7.38. The van der Waals surface area contributed by atoms with E-state index in [1.165, 1.54) is 97.0 Å². The van der Waals surface area contributed by atoms with Crippen LogP contribution in [0.25, 0.3) is 87.2 Å². The lowest BCUT2D eigenvalue weighted by molar-refractivity contribution is 1.33. The van der Waals surface area contributed by atoms with E-state index in [0.717, 1.165) is 0 Å². The number of benzene rings is 8. The molecule has 1 nitrogen and oxygen atoms in total. The van der Waals surface area contributed by atoms with E-state index in [9.17, 15) is 0 Å². The van der Waals surface area contributed by atoms with Crippen molar-refractivity contribution in [1.82, 2.24) is 4.98 Å². The third kappa shape index (κ3) is 3.55. The van der Waals surface area contributed by atoms with E-state index >= 15 is 0 Å². The summed E-state index contributed by atoms with van der Waals surface area (Å²) in [7, 11) is 0. The Morgan fingerprint density at radius 3 is 1.62 bits per heavy atom. The van der Waals surface area contributed by atoms with Crippen LogP contribution in [-0.4, -0.2) is 4.98 Å². The topological polar surface area (TPSA) is 12.9 Å². The fourth-order valence-electron chi connectivity index (χ4n) is 7.65. The number of hydrogen-bond acceptors (Lipinski definition) is 2. The molecule has 208 valence electrons. The summed E-state index contributed by atoms with van der Waals surface area (Å²) < 4.78 is 0. The third-order valence-corrected chi connectivity index (χ3v) is 10.6. The van der Waals surface area contributed by atoms with Gasteiger partial charge in [-0.25, -0.2) is 0 Å². The molecule has 2 heteroatoms. The Bertz CT molecular complexity index is 2620. The summed E-state index contributed by atoms with van der Waals surface area (Å²) in [5.41, 5.74) is 7.61. The number of hydrogen-bond donors (Lipinski definition) is 0. The molecule has 0 fully saturated rings. The average Bonchev–Trinajstić information content (AvgIpc) is 3.10. The number of rotatable bonds is 2. The van der Waals surface area contributed by atoms with Crippen LogP contribution < -0.4 is 0 Å². The van der Waals surface area contributed by atoms with Crippen molar-refractivity contribution < 1.29 is 0 Å². The van der Waals surface area contributed by atoms with E-state index in [4.69, 9.17) is 4.98 Å². The van der Waals surface area contributed by atoms with Crippen LogP contribution >= 0.6 is 11.8 Å². The number of nitrogens with zero attached hydrogens (tertiary/aromatic N) is 1. The van der Waals surface area contributed by atoms with Gasteiger partial charge in [-0.2, -0.15) is 0 Å². The van der Waals surface area contributed by atoms with Crippen LogP contribution in [0.4, 0.5) is 0 Å². The number of fused-ring (bicyclic) bond motifs is 8. The Morgan fingerprint density at radius 2 is 0.933 bits per heavy atom. The molecule has 10 rings (SSSR count). The highest BCUT2D eigenvalue weighted by Crippen LogP contribution is 2.54. The van der Waals surface area contributed by atoms with Crippen molar-refractivity contribution in [3.63, 3.8) is 0 Å². The van der Waals surface area contributed by atoms with Crippen molar-refractivity contribution in [3.8, 4) is 33.4 Å². The molecule has 1 aliphatic rings. The minimum Gasteiger partial charge on any atom is -0.263 e. The fraction of sp³-hybridized carbons (Fsp3) is 0. The average molecular weight is 588 g/mol. The van der Waals surface area contributed by atoms with E-state index in [1.807, 2.05) is 18.0 Å². The van der Waals surface area contributed by atoms with Gasteiger partial charge in [0.15, 0.2) is 0 Å². The Balaban J connectivity index is 1.35. The van der Waals surface area contributed by atoms with E-state index in [1.54, 1.807) is 0 Å². The fourth-order valence-corrected chi connectivity index (χ4v) is 8.89. The van der Waals surface area contributed by atoms with E-state index in [2.05, 4.69) is 146 Å². The molecule has 0 unspecified atom stereocenters. The van der Waals surface area contributed by atoms with Crippen LogP contribution in [0.15, 0.2) is 162 Å². The molecule has 45 heavy (non-hydrogen) atoms. The summed E-state index contributed by atoms with van der Waals surface area (Å²) in [6, 6.07) is 51.2. The van der Waals surface area contributed by atoms with Crippen LogP contribution in [-0.2, 0) is 0 Å². The molecule has 0 saturated carbocycles. The zero-order chi connectivity index (χ0) is 29.5. The molecule has 8 aromatic carbocycles. The van der Waals surface area contributed by atoms with Crippen molar-refractivity contribution in [3.05, 3.63) is 152 Å². The minimum absolute atomic E-state index is 1.22. The number of aromatic nitrogens is 1. The van der Waals surface area contributed by atoms with Gasteiger partial charge in [-0.1, -0.05) is 139 Å². The molecule has 0 radical (unpaired) electrons. The molecule has 1 aliphatic heterocycles. The first-order valence-corrected chi connectivity index (χ1v) is 16.2. The van der Waals surface area contributed by atoms with Gasteiger partial charge in [-0.15, -0.1) is 0 Å². The molecule has 0 aliphatic carbocycles. The molecular formula is C43H25NS. The normalized spacial score (nSPS) is 12.4. The lowest BCUT2D eigenvalue weighted by Gasteiger charge is -2.25. The second-order valence-corrected chi connectivity index (χ2v) is 12.9. The molecular weight excluding hydrogens is 563 g/mol. The monoisotopic (exact) mass is 587 g/mol. The van der Waals surface area contributed by atoms with Crippen LogP contribution in [0.1, 0.15) is 0 Å². The van der Waals surface area contributed by atoms with Crippen molar-refractivity contribution >= 4 is 65.6 Å². The van der Waals surface area contributed by atoms with E-state index in [0.29, 0.717) is 0 Å². The van der Waals surface area contributed by atoms with Gasteiger partial charge in [0.2, 0.25) is 0 Å². The zero-order valence-electron chi connectivity index (χ0n) is 24.3. The summed E-state index contributed by atoms with van der Waals surface area (Å²) in [5, 5.41) is 12.7. The summed E-state index contributed by atoms with van der Waals surface area (Å²) in [6.07, 6.45) is 4.12. The maximum Gasteiger partial charge on any atom is 0.0353 e. The molecule has 9 aromatic rings. The Morgan fingerprint density at radius 1 is 0.378 bits per heavy atom.